The van der Waals surface area contributed by atoms with Crippen LogP contribution in [0.4, 0.5) is 0 Å². The smallest absolute Gasteiger partial charge is 0.231 e. The highest BCUT2D eigenvalue weighted by atomic mass is 28.2. The van der Waals surface area contributed by atoms with Gasteiger partial charge < -0.3 is 9.53 Å². The molecule has 0 aromatic carbocycles. The minimum absolute atomic E-state index is 0.242. The Morgan fingerprint density at radius 3 is 2.67 bits per heavy atom. The quantitative estimate of drug-likeness (QED) is 0.392. The van der Waals surface area contributed by atoms with Gasteiger partial charge in [0.05, 0.1) is 0 Å². The van der Waals surface area contributed by atoms with Crippen molar-refractivity contribution in [1.82, 2.24) is 0 Å². The molecular formula is C3H8O2Si. The molecule has 0 saturated carbocycles. The summed E-state index contributed by atoms with van der Waals surface area (Å²) >= 11 is 0. The molecule has 36 valence electrons. The van der Waals surface area contributed by atoms with Crippen LogP contribution < -0.4 is 0 Å². The SMILES string of the molecule is CO[Si]CCO. The zero-order valence-electron chi connectivity index (χ0n) is 3.77. The van der Waals surface area contributed by atoms with Crippen LogP contribution in [-0.2, 0) is 4.43 Å². The van der Waals surface area contributed by atoms with Crippen LogP contribution in [0.2, 0.25) is 6.04 Å². The normalized spacial score (nSPS) is 9.00. The summed E-state index contributed by atoms with van der Waals surface area (Å²) in [5.74, 6) is 0. The second-order valence-corrected chi connectivity index (χ2v) is 2.02. The third-order valence-electron chi connectivity index (χ3n) is 0.358. The van der Waals surface area contributed by atoms with Crippen LogP contribution in [0.3, 0.4) is 0 Å². The third-order valence-corrected chi connectivity index (χ3v) is 1.07. The van der Waals surface area contributed by atoms with E-state index in [1.54, 1.807) is 7.11 Å². The molecule has 1 N–H and O–H groups in total. The lowest BCUT2D eigenvalue weighted by molar-refractivity contribution is 0.310. The number of aliphatic hydroxyl groups is 1. The molecule has 6 heavy (non-hydrogen) atoms. The molecule has 0 bridgehead atoms. The van der Waals surface area contributed by atoms with Crippen LogP contribution in [0.25, 0.3) is 0 Å². The van der Waals surface area contributed by atoms with Gasteiger partial charge in [-0.3, -0.25) is 0 Å². The minimum atomic E-state index is 0.242. The fourth-order valence-electron chi connectivity index (χ4n) is 0.148. The summed E-state index contributed by atoms with van der Waals surface area (Å²) < 4.78 is 4.65. The Hall–Kier alpha value is 0.137. The van der Waals surface area contributed by atoms with Crippen molar-refractivity contribution in [3.8, 4) is 0 Å². The fourth-order valence-corrected chi connectivity index (χ4v) is 0.443. The monoisotopic (exact) mass is 104 g/mol. The van der Waals surface area contributed by atoms with Gasteiger partial charge in [0, 0.05) is 13.7 Å². The van der Waals surface area contributed by atoms with Gasteiger partial charge in [0.15, 0.2) is 0 Å². The average molecular weight is 104 g/mol. The second kappa shape index (κ2) is 5.14. The van der Waals surface area contributed by atoms with Gasteiger partial charge in [-0.15, -0.1) is 0 Å². The highest BCUT2D eigenvalue weighted by Gasteiger charge is 1.80. The van der Waals surface area contributed by atoms with Gasteiger partial charge in [-0.1, -0.05) is 0 Å². The Balaban J connectivity index is 2.34. The van der Waals surface area contributed by atoms with Crippen LogP contribution in [-0.4, -0.2) is 28.6 Å². The Kier molecular flexibility index (Phi) is 5.25. The van der Waals surface area contributed by atoms with E-state index in [1.807, 2.05) is 0 Å². The van der Waals surface area contributed by atoms with E-state index in [0.29, 0.717) is 9.76 Å². The lowest BCUT2D eigenvalue weighted by Gasteiger charge is -1.86. The minimum Gasteiger partial charge on any atom is -0.420 e. The average Bonchev–Trinajstić information content (AvgIpc) is 1.61. The Bertz CT molecular complexity index is 20.8. The Morgan fingerprint density at radius 2 is 2.50 bits per heavy atom. The molecule has 0 rings (SSSR count). The highest BCUT2D eigenvalue weighted by Crippen LogP contribution is 1.71. The van der Waals surface area contributed by atoms with Crippen molar-refractivity contribution >= 4 is 9.76 Å². The van der Waals surface area contributed by atoms with Gasteiger partial charge in [-0.05, 0) is 6.04 Å². The van der Waals surface area contributed by atoms with Crippen LogP contribution in [0, 0.1) is 0 Å². The van der Waals surface area contributed by atoms with E-state index in [9.17, 15) is 0 Å². The predicted molar refractivity (Wildman–Crippen MR) is 24.7 cm³/mol. The first-order valence-electron chi connectivity index (χ1n) is 1.78. The molecule has 0 aliphatic carbocycles. The highest BCUT2D eigenvalue weighted by molar-refractivity contribution is 6.26. The number of hydrogen-bond donors (Lipinski definition) is 1. The molecule has 0 fully saturated rings. The molecule has 0 saturated heterocycles. The summed E-state index contributed by atoms with van der Waals surface area (Å²) in [7, 11) is 2.10. The summed E-state index contributed by atoms with van der Waals surface area (Å²) in [6.07, 6.45) is 0. The van der Waals surface area contributed by atoms with E-state index in [-0.39, 0.29) is 6.61 Å². The van der Waals surface area contributed by atoms with Crippen molar-refractivity contribution in [2.75, 3.05) is 13.7 Å². The zero-order valence-corrected chi connectivity index (χ0v) is 4.77. The van der Waals surface area contributed by atoms with E-state index in [2.05, 4.69) is 4.43 Å². The van der Waals surface area contributed by atoms with Crippen molar-refractivity contribution in [1.29, 1.82) is 0 Å². The molecule has 0 aliphatic rings. The number of aliphatic hydroxyl groups excluding tert-OH is 1. The van der Waals surface area contributed by atoms with Crippen molar-refractivity contribution in [2.24, 2.45) is 0 Å². The zero-order chi connectivity index (χ0) is 4.83. The maximum Gasteiger partial charge on any atom is 0.231 e. The van der Waals surface area contributed by atoms with Gasteiger partial charge in [-0.2, -0.15) is 0 Å². The maximum absolute atomic E-state index is 8.12. The summed E-state index contributed by atoms with van der Waals surface area (Å²) in [5, 5.41) is 8.12. The number of hydrogen-bond acceptors (Lipinski definition) is 2. The van der Waals surface area contributed by atoms with E-state index >= 15 is 0 Å². The van der Waals surface area contributed by atoms with E-state index in [4.69, 9.17) is 5.11 Å². The fraction of sp³-hybridized carbons (Fsp3) is 1.00. The van der Waals surface area contributed by atoms with Gasteiger partial charge >= 0.3 is 0 Å². The molecule has 0 atom stereocenters. The first-order chi connectivity index (χ1) is 2.91. The van der Waals surface area contributed by atoms with Crippen LogP contribution >= 0.6 is 0 Å². The molecule has 0 aromatic heterocycles. The molecule has 0 unspecified atom stereocenters. The lowest BCUT2D eigenvalue weighted by atomic mass is 10.9. The first-order valence-corrected chi connectivity index (χ1v) is 2.90. The topological polar surface area (TPSA) is 29.5 Å². The van der Waals surface area contributed by atoms with Crippen molar-refractivity contribution in [3.63, 3.8) is 0 Å². The van der Waals surface area contributed by atoms with Gasteiger partial charge in [0.1, 0.15) is 0 Å². The van der Waals surface area contributed by atoms with E-state index in [1.165, 1.54) is 0 Å². The molecule has 0 aromatic rings. The largest absolute Gasteiger partial charge is 0.420 e. The first kappa shape index (κ1) is 6.14. The standard InChI is InChI=1S/C3H8O2Si/c1-5-6-3-2-4/h4H,2-3H2,1H3. The van der Waals surface area contributed by atoms with Crippen LogP contribution in [0.5, 0.6) is 0 Å². The van der Waals surface area contributed by atoms with Gasteiger partial charge in [0.2, 0.25) is 9.76 Å². The van der Waals surface area contributed by atoms with Crippen LogP contribution in [0.1, 0.15) is 0 Å². The molecule has 0 aliphatic heterocycles. The van der Waals surface area contributed by atoms with Crippen LogP contribution in [0.15, 0.2) is 0 Å². The molecule has 2 radical (unpaired) electrons. The third kappa shape index (κ3) is 4.14. The lowest BCUT2D eigenvalue weighted by Crippen LogP contribution is -1.94. The van der Waals surface area contributed by atoms with Gasteiger partial charge in [-0.25, -0.2) is 0 Å². The van der Waals surface area contributed by atoms with Crippen molar-refractivity contribution in [2.45, 2.75) is 6.04 Å². The maximum atomic E-state index is 8.12. The molecule has 0 heterocycles. The predicted octanol–water partition coefficient (Wildman–Crippen LogP) is -0.337. The van der Waals surface area contributed by atoms with Gasteiger partial charge in [0.25, 0.3) is 0 Å². The summed E-state index contributed by atoms with van der Waals surface area (Å²) in [6, 6.07) is 0.774. The molecule has 0 amide bonds. The summed E-state index contributed by atoms with van der Waals surface area (Å²) in [4.78, 5) is 0. The molecule has 2 nitrogen and oxygen atoms in total. The second-order valence-electron chi connectivity index (χ2n) is 0.822. The molecule has 0 spiro atoms. The Morgan fingerprint density at radius 1 is 1.83 bits per heavy atom. The van der Waals surface area contributed by atoms with Crippen molar-refractivity contribution in [3.05, 3.63) is 0 Å². The van der Waals surface area contributed by atoms with E-state index < -0.39 is 0 Å². The number of rotatable bonds is 3. The van der Waals surface area contributed by atoms with Crippen molar-refractivity contribution < 1.29 is 9.53 Å². The summed E-state index contributed by atoms with van der Waals surface area (Å²) in [6.45, 7) is 0.242. The van der Waals surface area contributed by atoms with E-state index in [0.717, 1.165) is 6.04 Å². The molecule has 3 heteroatoms. The summed E-state index contributed by atoms with van der Waals surface area (Å²) in [5.41, 5.74) is 0. The molecular weight excluding hydrogens is 96.1 g/mol. The Labute approximate surface area is 40.1 Å².